The summed E-state index contributed by atoms with van der Waals surface area (Å²) in [5, 5.41) is 12.3. The Bertz CT molecular complexity index is 524. The molecule has 0 saturated carbocycles. The first-order valence-electron chi connectivity index (χ1n) is 7.30. The first-order valence-corrected chi connectivity index (χ1v) is 7.30. The first-order chi connectivity index (χ1) is 9.54. The van der Waals surface area contributed by atoms with Gasteiger partial charge in [0.1, 0.15) is 0 Å². The lowest BCUT2D eigenvalue weighted by atomic mass is 10.2. The number of hydrogen-bond donors (Lipinski definition) is 1. The molecule has 0 radical (unpaired) electrons. The molecule has 0 aliphatic heterocycles. The molecule has 0 atom stereocenters. The summed E-state index contributed by atoms with van der Waals surface area (Å²) < 4.78 is 3.99. The molecule has 0 amide bonds. The molecule has 2 rings (SSSR count). The molecular formula is C15H25N5. The maximum Gasteiger partial charge on any atom is 0.0762 e. The molecule has 0 saturated heterocycles. The first kappa shape index (κ1) is 14.8. The van der Waals surface area contributed by atoms with Gasteiger partial charge in [-0.15, -0.1) is 0 Å². The summed E-state index contributed by atoms with van der Waals surface area (Å²) in [5.41, 5.74) is 2.29. The summed E-state index contributed by atoms with van der Waals surface area (Å²) in [6.45, 7) is 11.2. The highest BCUT2D eigenvalue weighted by atomic mass is 15.3. The fourth-order valence-corrected chi connectivity index (χ4v) is 2.07. The molecule has 20 heavy (non-hydrogen) atoms. The van der Waals surface area contributed by atoms with Crippen LogP contribution in [0.4, 0.5) is 0 Å². The summed E-state index contributed by atoms with van der Waals surface area (Å²) >= 11 is 0. The van der Waals surface area contributed by atoms with E-state index >= 15 is 0 Å². The Labute approximate surface area is 121 Å². The van der Waals surface area contributed by atoms with Crippen LogP contribution < -0.4 is 5.32 Å². The van der Waals surface area contributed by atoms with Gasteiger partial charge < -0.3 is 5.32 Å². The average molecular weight is 275 g/mol. The van der Waals surface area contributed by atoms with Gasteiger partial charge in [0.25, 0.3) is 0 Å². The highest BCUT2D eigenvalue weighted by Crippen LogP contribution is 2.05. The zero-order chi connectivity index (χ0) is 14.5. The molecule has 110 valence electrons. The van der Waals surface area contributed by atoms with Crippen molar-refractivity contribution in [3.8, 4) is 0 Å². The molecule has 5 heteroatoms. The Balaban J connectivity index is 1.78. The highest BCUT2D eigenvalue weighted by molar-refractivity contribution is 5.04. The SMILES string of the molecule is CC(C)Cn1cc(CNCc2ccn(C(C)C)n2)cn1. The van der Waals surface area contributed by atoms with Gasteiger partial charge in [0.2, 0.25) is 0 Å². The lowest BCUT2D eigenvalue weighted by molar-refractivity contribution is 0.482. The highest BCUT2D eigenvalue weighted by Gasteiger charge is 2.03. The van der Waals surface area contributed by atoms with Crippen molar-refractivity contribution in [2.45, 2.75) is 53.4 Å². The van der Waals surface area contributed by atoms with E-state index in [1.807, 2.05) is 21.8 Å². The van der Waals surface area contributed by atoms with E-state index in [9.17, 15) is 0 Å². The number of aromatic nitrogens is 4. The summed E-state index contributed by atoms with van der Waals surface area (Å²) in [4.78, 5) is 0. The third-order valence-electron chi connectivity index (χ3n) is 3.07. The Morgan fingerprint density at radius 2 is 2.00 bits per heavy atom. The lowest BCUT2D eigenvalue weighted by Gasteiger charge is -2.04. The average Bonchev–Trinajstić information content (AvgIpc) is 2.98. The molecule has 2 aromatic rings. The molecule has 0 aliphatic carbocycles. The Hall–Kier alpha value is -1.62. The second-order valence-electron chi connectivity index (χ2n) is 5.95. The second-order valence-corrected chi connectivity index (χ2v) is 5.95. The molecule has 0 aromatic carbocycles. The third kappa shape index (κ3) is 4.20. The van der Waals surface area contributed by atoms with Gasteiger partial charge in [0.05, 0.1) is 11.9 Å². The van der Waals surface area contributed by atoms with Crippen molar-refractivity contribution in [2.24, 2.45) is 5.92 Å². The van der Waals surface area contributed by atoms with Crippen LogP contribution in [0.25, 0.3) is 0 Å². The van der Waals surface area contributed by atoms with Gasteiger partial charge in [-0.25, -0.2) is 0 Å². The van der Waals surface area contributed by atoms with Gasteiger partial charge in [-0.05, 0) is 25.8 Å². The lowest BCUT2D eigenvalue weighted by Crippen LogP contribution is -2.13. The summed E-state index contributed by atoms with van der Waals surface area (Å²) in [6.07, 6.45) is 6.07. The van der Waals surface area contributed by atoms with Gasteiger partial charge in [-0.3, -0.25) is 9.36 Å². The largest absolute Gasteiger partial charge is 0.307 e. The van der Waals surface area contributed by atoms with Crippen molar-refractivity contribution in [3.63, 3.8) is 0 Å². The zero-order valence-corrected chi connectivity index (χ0v) is 12.9. The van der Waals surface area contributed by atoms with E-state index in [-0.39, 0.29) is 0 Å². The monoisotopic (exact) mass is 275 g/mol. The minimum absolute atomic E-state index is 0.415. The van der Waals surface area contributed by atoms with Crippen molar-refractivity contribution >= 4 is 0 Å². The number of nitrogens with zero attached hydrogens (tertiary/aromatic N) is 4. The summed E-state index contributed by atoms with van der Waals surface area (Å²) in [5.74, 6) is 0.621. The molecule has 2 heterocycles. The van der Waals surface area contributed by atoms with Crippen LogP contribution in [-0.4, -0.2) is 19.6 Å². The molecular weight excluding hydrogens is 250 g/mol. The van der Waals surface area contributed by atoms with Crippen molar-refractivity contribution < 1.29 is 0 Å². The van der Waals surface area contributed by atoms with Crippen LogP contribution in [0.2, 0.25) is 0 Å². The Morgan fingerprint density at radius 3 is 2.65 bits per heavy atom. The minimum atomic E-state index is 0.415. The van der Waals surface area contributed by atoms with Gasteiger partial charge in [-0.1, -0.05) is 13.8 Å². The quantitative estimate of drug-likeness (QED) is 0.845. The molecule has 2 aromatic heterocycles. The van der Waals surface area contributed by atoms with E-state index in [0.29, 0.717) is 12.0 Å². The standard InChI is InChI=1S/C15H25N5/c1-12(2)10-19-11-14(8-17-19)7-16-9-15-5-6-20(18-15)13(3)4/h5-6,8,11-13,16H,7,9-10H2,1-4H3. The summed E-state index contributed by atoms with van der Waals surface area (Å²) in [6, 6.07) is 2.48. The molecule has 0 spiro atoms. The van der Waals surface area contributed by atoms with E-state index in [0.717, 1.165) is 25.3 Å². The van der Waals surface area contributed by atoms with Gasteiger partial charge in [0, 0.05) is 43.6 Å². The van der Waals surface area contributed by atoms with Crippen LogP contribution in [0.1, 0.15) is 45.0 Å². The predicted octanol–water partition coefficient (Wildman–Crippen LogP) is 2.61. The number of nitrogens with one attached hydrogen (secondary N) is 1. The van der Waals surface area contributed by atoms with Crippen molar-refractivity contribution in [2.75, 3.05) is 0 Å². The fraction of sp³-hybridized carbons (Fsp3) is 0.600. The van der Waals surface area contributed by atoms with Crippen molar-refractivity contribution in [1.29, 1.82) is 0 Å². The predicted molar refractivity (Wildman–Crippen MR) is 80.2 cm³/mol. The van der Waals surface area contributed by atoms with Crippen molar-refractivity contribution in [1.82, 2.24) is 24.9 Å². The smallest absolute Gasteiger partial charge is 0.0762 e. The zero-order valence-electron chi connectivity index (χ0n) is 12.9. The molecule has 0 bridgehead atoms. The van der Waals surface area contributed by atoms with Crippen LogP contribution in [0.3, 0.4) is 0 Å². The Kier molecular flexibility index (Phi) is 4.95. The van der Waals surface area contributed by atoms with Crippen LogP contribution in [-0.2, 0) is 19.6 Å². The van der Waals surface area contributed by atoms with Crippen LogP contribution in [0, 0.1) is 5.92 Å². The third-order valence-corrected chi connectivity index (χ3v) is 3.07. The normalized spacial score (nSPS) is 11.7. The van der Waals surface area contributed by atoms with Crippen molar-refractivity contribution in [3.05, 3.63) is 35.9 Å². The molecule has 0 unspecified atom stereocenters. The molecule has 1 N–H and O–H groups in total. The fourth-order valence-electron chi connectivity index (χ4n) is 2.07. The van der Waals surface area contributed by atoms with E-state index in [1.54, 1.807) is 0 Å². The van der Waals surface area contributed by atoms with Crippen LogP contribution in [0.15, 0.2) is 24.7 Å². The van der Waals surface area contributed by atoms with E-state index in [2.05, 4.69) is 55.5 Å². The molecule has 0 fully saturated rings. The maximum atomic E-state index is 4.52. The minimum Gasteiger partial charge on any atom is -0.307 e. The topological polar surface area (TPSA) is 47.7 Å². The Morgan fingerprint density at radius 1 is 1.20 bits per heavy atom. The number of rotatable bonds is 7. The van der Waals surface area contributed by atoms with E-state index < -0.39 is 0 Å². The second kappa shape index (κ2) is 6.70. The van der Waals surface area contributed by atoms with Crippen LogP contribution >= 0.6 is 0 Å². The molecule has 5 nitrogen and oxygen atoms in total. The van der Waals surface area contributed by atoms with Gasteiger partial charge in [-0.2, -0.15) is 10.2 Å². The molecule has 0 aliphatic rings. The van der Waals surface area contributed by atoms with Gasteiger partial charge in [0.15, 0.2) is 0 Å². The maximum absolute atomic E-state index is 4.52. The van der Waals surface area contributed by atoms with E-state index in [1.165, 1.54) is 5.56 Å². The van der Waals surface area contributed by atoms with Crippen LogP contribution in [0.5, 0.6) is 0 Å². The summed E-state index contributed by atoms with van der Waals surface area (Å²) in [7, 11) is 0. The van der Waals surface area contributed by atoms with Gasteiger partial charge >= 0.3 is 0 Å². The van der Waals surface area contributed by atoms with E-state index in [4.69, 9.17) is 0 Å². The number of hydrogen-bond acceptors (Lipinski definition) is 3.